The first-order valence-corrected chi connectivity index (χ1v) is 7.34. The Balaban J connectivity index is 2.05. The lowest BCUT2D eigenvalue weighted by atomic mass is 9.75. The molecule has 5 aliphatic rings. The molecule has 4 bridgehead atoms. The van der Waals surface area contributed by atoms with E-state index in [9.17, 15) is 10.2 Å². The van der Waals surface area contributed by atoms with E-state index in [1.165, 1.54) is 11.1 Å². The molecule has 0 unspecified atom stereocenters. The zero-order valence-electron chi connectivity index (χ0n) is 12.2. The third-order valence-corrected chi connectivity index (χ3v) is 4.60. The summed E-state index contributed by atoms with van der Waals surface area (Å²) in [5, 5.41) is 21.3. The van der Waals surface area contributed by atoms with Crippen LogP contribution in [0.4, 0.5) is 0 Å². The molecule has 0 radical (unpaired) electrons. The Morgan fingerprint density at radius 1 is 0.700 bits per heavy atom. The van der Waals surface area contributed by atoms with Gasteiger partial charge < -0.3 is 10.2 Å². The Morgan fingerprint density at radius 3 is 1.40 bits per heavy atom. The highest BCUT2D eigenvalue weighted by molar-refractivity contribution is 5.41. The van der Waals surface area contributed by atoms with Crippen LogP contribution in [0.2, 0.25) is 0 Å². The number of benzene rings is 1. The molecule has 0 fully saturated rings. The molecule has 2 atom stereocenters. The SMILES string of the molecule is C[C@]1(O)C=C2CCc3ccc(cc3)CCC1=C[C@]2(C)O. The van der Waals surface area contributed by atoms with Crippen molar-refractivity contribution >= 4 is 0 Å². The van der Waals surface area contributed by atoms with Crippen LogP contribution in [0, 0.1) is 0 Å². The molecule has 0 aromatic heterocycles. The standard InChI is InChI=1S/C18H22O2/c1-17(19)11-16-10-8-14-5-3-13(4-6-14)7-9-15(17)12-18(16,2)20/h3-6,11-12,19-20H,7-10H2,1-2H3/t17-,18-/m0/s1. The monoisotopic (exact) mass is 270 g/mol. The van der Waals surface area contributed by atoms with Gasteiger partial charge in [0.25, 0.3) is 0 Å². The molecular weight excluding hydrogens is 248 g/mol. The summed E-state index contributed by atoms with van der Waals surface area (Å²) >= 11 is 0. The minimum atomic E-state index is -0.936. The fourth-order valence-electron chi connectivity index (χ4n) is 3.24. The van der Waals surface area contributed by atoms with Gasteiger partial charge in [-0.1, -0.05) is 24.3 Å². The lowest BCUT2D eigenvalue weighted by Gasteiger charge is -2.37. The Labute approximate surface area is 120 Å². The second kappa shape index (κ2) is 4.57. The molecule has 2 heteroatoms. The van der Waals surface area contributed by atoms with Gasteiger partial charge in [0.15, 0.2) is 0 Å². The van der Waals surface area contributed by atoms with Crippen molar-refractivity contribution in [3.63, 3.8) is 0 Å². The molecular formula is C18H22O2. The smallest absolute Gasteiger partial charge is 0.101 e. The van der Waals surface area contributed by atoms with Crippen LogP contribution < -0.4 is 0 Å². The highest BCUT2D eigenvalue weighted by atomic mass is 16.3. The average molecular weight is 270 g/mol. The summed E-state index contributed by atoms with van der Waals surface area (Å²) in [6, 6.07) is 8.69. The molecule has 0 spiro atoms. The van der Waals surface area contributed by atoms with Crippen LogP contribution in [0.25, 0.3) is 0 Å². The maximum Gasteiger partial charge on any atom is 0.101 e. The van der Waals surface area contributed by atoms with Gasteiger partial charge in [0.1, 0.15) is 11.2 Å². The molecule has 6 rings (SSSR count). The van der Waals surface area contributed by atoms with Crippen LogP contribution >= 0.6 is 0 Å². The van der Waals surface area contributed by atoms with Gasteiger partial charge in [-0.25, -0.2) is 0 Å². The maximum absolute atomic E-state index is 10.6. The van der Waals surface area contributed by atoms with Gasteiger partial charge in [0, 0.05) is 0 Å². The minimum Gasteiger partial charge on any atom is -0.382 e. The normalized spacial score (nSPS) is 33.2. The molecule has 0 saturated heterocycles. The van der Waals surface area contributed by atoms with Crippen molar-refractivity contribution < 1.29 is 10.2 Å². The molecule has 0 heterocycles. The highest BCUT2D eigenvalue weighted by Crippen LogP contribution is 2.37. The van der Waals surface area contributed by atoms with Crippen molar-refractivity contribution in [1.82, 2.24) is 0 Å². The summed E-state index contributed by atoms with van der Waals surface area (Å²) in [6.07, 6.45) is 7.04. The quantitative estimate of drug-likeness (QED) is 0.712. The summed E-state index contributed by atoms with van der Waals surface area (Å²) in [7, 11) is 0. The van der Waals surface area contributed by atoms with E-state index >= 15 is 0 Å². The summed E-state index contributed by atoms with van der Waals surface area (Å²) in [5.74, 6) is 0. The second-order valence-electron chi connectivity index (χ2n) is 6.45. The Hall–Kier alpha value is -1.38. The zero-order valence-corrected chi connectivity index (χ0v) is 12.2. The van der Waals surface area contributed by atoms with E-state index in [-0.39, 0.29) is 0 Å². The molecule has 5 aliphatic carbocycles. The van der Waals surface area contributed by atoms with Gasteiger partial charge in [0.05, 0.1) is 0 Å². The van der Waals surface area contributed by atoms with Crippen LogP contribution in [0.3, 0.4) is 0 Å². The van der Waals surface area contributed by atoms with Gasteiger partial charge in [-0.05, 0) is 74.0 Å². The number of aliphatic hydroxyl groups is 2. The zero-order chi connectivity index (χ0) is 14.4. The fraction of sp³-hybridized carbons (Fsp3) is 0.444. The summed E-state index contributed by atoms with van der Waals surface area (Å²) in [6.45, 7) is 3.64. The number of aryl methyl sites for hydroxylation is 2. The van der Waals surface area contributed by atoms with Crippen molar-refractivity contribution in [1.29, 1.82) is 0 Å². The van der Waals surface area contributed by atoms with E-state index in [0.29, 0.717) is 0 Å². The number of hydrogen-bond donors (Lipinski definition) is 2. The third-order valence-electron chi connectivity index (χ3n) is 4.60. The van der Waals surface area contributed by atoms with E-state index in [0.717, 1.165) is 36.8 Å². The topological polar surface area (TPSA) is 40.5 Å². The minimum absolute atomic E-state index is 0.770. The van der Waals surface area contributed by atoms with Crippen molar-refractivity contribution in [3.8, 4) is 0 Å². The average Bonchev–Trinajstić information content (AvgIpc) is 2.37. The molecule has 2 nitrogen and oxygen atoms in total. The first kappa shape index (κ1) is 13.6. The first-order valence-electron chi connectivity index (χ1n) is 7.34. The van der Waals surface area contributed by atoms with E-state index < -0.39 is 11.2 Å². The van der Waals surface area contributed by atoms with E-state index in [1.807, 2.05) is 26.0 Å². The van der Waals surface area contributed by atoms with Crippen LogP contribution in [0.5, 0.6) is 0 Å². The van der Waals surface area contributed by atoms with Gasteiger partial charge in [-0.15, -0.1) is 0 Å². The predicted molar refractivity (Wildman–Crippen MR) is 80.5 cm³/mol. The highest BCUT2D eigenvalue weighted by Gasteiger charge is 2.36. The van der Waals surface area contributed by atoms with Crippen molar-refractivity contribution in [3.05, 3.63) is 58.7 Å². The predicted octanol–water partition coefficient (Wildman–Crippen LogP) is 2.93. The Kier molecular flexibility index (Phi) is 3.11. The molecule has 1 aromatic carbocycles. The Bertz CT molecular complexity index is 521. The maximum atomic E-state index is 10.6. The van der Waals surface area contributed by atoms with E-state index in [2.05, 4.69) is 24.3 Å². The van der Waals surface area contributed by atoms with Crippen LogP contribution in [0.1, 0.15) is 37.8 Å². The lowest BCUT2D eigenvalue weighted by molar-refractivity contribution is 0.103. The van der Waals surface area contributed by atoms with Crippen molar-refractivity contribution in [2.45, 2.75) is 50.7 Å². The summed E-state index contributed by atoms with van der Waals surface area (Å²) in [4.78, 5) is 0. The molecule has 0 aliphatic heterocycles. The summed E-state index contributed by atoms with van der Waals surface area (Å²) in [5.41, 5.74) is 2.51. The molecule has 20 heavy (non-hydrogen) atoms. The van der Waals surface area contributed by atoms with Gasteiger partial charge in [-0.2, -0.15) is 0 Å². The first-order chi connectivity index (χ1) is 9.37. The molecule has 2 N–H and O–H groups in total. The van der Waals surface area contributed by atoms with Crippen molar-refractivity contribution in [2.24, 2.45) is 0 Å². The van der Waals surface area contributed by atoms with Crippen molar-refractivity contribution in [2.75, 3.05) is 0 Å². The lowest BCUT2D eigenvalue weighted by Crippen LogP contribution is -2.37. The van der Waals surface area contributed by atoms with Gasteiger partial charge in [0.2, 0.25) is 0 Å². The largest absolute Gasteiger partial charge is 0.382 e. The number of hydrogen-bond acceptors (Lipinski definition) is 2. The molecule has 0 amide bonds. The van der Waals surface area contributed by atoms with E-state index in [4.69, 9.17) is 0 Å². The van der Waals surface area contributed by atoms with E-state index in [1.54, 1.807) is 0 Å². The molecule has 0 saturated carbocycles. The summed E-state index contributed by atoms with van der Waals surface area (Å²) < 4.78 is 0. The second-order valence-corrected chi connectivity index (χ2v) is 6.45. The van der Waals surface area contributed by atoms with Crippen LogP contribution in [-0.4, -0.2) is 21.4 Å². The van der Waals surface area contributed by atoms with Gasteiger partial charge in [-0.3, -0.25) is 0 Å². The van der Waals surface area contributed by atoms with Crippen LogP contribution in [0.15, 0.2) is 47.6 Å². The fourth-order valence-corrected chi connectivity index (χ4v) is 3.24. The Morgan fingerprint density at radius 2 is 1.05 bits per heavy atom. The third kappa shape index (κ3) is 2.46. The number of rotatable bonds is 0. The van der Waals surface area contributed by atoms with Crippen LogP contribution in [-0.2, 0) is 12.8 Å². The molecule has 106 valence electrons. The van der Waals surface area contributed by atoms with Gasteiger partial charge >= 0.3 is 0 Å². The molecule has 1 aromatic rings.